The van der Waals surface area contributed by atoms with Crippen LogP contribution in [0.1, 0.15) is 42.4 Å². The lowest BCUT2D eigenvalue weighted by Crippen LogP contribution is -2.36. The first kappa shape index (κ1) is 22.5. The summed E-state index contributed by atoms with van der Waals surface area (Å²) < 4.78 is 27.6. The Morgan fingerprint density at radius 1 is 0.967 bits per heavy atom. The molecule has 0 aliphatic heterocycles. The molecule has 6 heteroatoms. The van der Waals surface area contributed by atoms with Crippen molar-refractivity contribution in [2.24, 2.45) is 11.8 Å². The van der Waals surface area contributed by atoms with Crippen LogP contribution in [0.5, 0.6) is 0 Å². The number of aryl methyl sites for hydroxylation is 2. The van der Waals surface area contributed by atoms with Gasteiger partial charge in [-0.2, -0.15) is 0 Å². The molecule has 30 heavy (non-hydrogen) atoms. The van der Waals surface area contributed by atoms with Crippen molar-refractivity contribution >= 4 is 15.9 Å². The Morgan fingerprint density at radius 3 is 2.33 bits per heavy atom. The van der Waals surface area contributed by atoms with Gasteiger partial charge in [0.2, 0.25) is 15.9 Å². The van der Waals surface area contributed by atoms with Gasteiger partial charge in [-0.3, -0.25) is 4.79 Å². The summed E-state index contributed by atoms with van der Waals surface area (Å²) in [5.74, 6) is 0.440. The zero-order valence-corrected chi connectivity index (χ0v) is 18.7. The van der Waals surface area contributed by atoms with Gasteiger partial charge in [0.05, 0.1) is 4.90 Å². The molecule has 0 heterocycles. The lowest BCUT2D eigenvalue weighted by atomic mass is 9.81. The van der Waals surface area contributed by atoms with Crippen LogP contribution in [0, 0.1) is 25.7 Å². The van der Waals surface area contributed by atoms with E-state index in [-0.39, 0.29) is 17.7 Å². The van der Waals surface area contributed by atoms with E-state index < -0.39 is 10.0 Å². The molecule has 5 nitrogen and oxygen atoms in total. The van der Waals surface area contributed by atoms with Gasteiger partial charge in [-0.25, -0.2) is 13.1 Å². The van der Waals surface area contributed by atoms with Gasteiger partial charge in [-0.05, 0) is 69.6 Å². The number of carbonyl (C=O) groups is 1. The maximum atomic E-state index is 12.5. The van der Waals surface area contributed by atoms with E-state index in [4.69, 9.17) is 0 Å². The zero-order chi connectivity index (χ0) is 21.6. The van der Waals surface area contributed by atoms with Crippen molar-refractivity contribution in [2.45, 2.75) is 50.8 Å². The Kier molecular flexibility index (Phi) is 7.67. The van der Waals surface area contributed by atoms with Crippen molar-refractivity contribution in [2.75, 3.05) is 13.1 Å². The molecule has 0 aromatic heterocycles. The van der Waals surface area contributed by atoms with Crippen molar-refractivity contribution < 1.29 is 13.2 Å². The Morgan fingerprint density at radius 2 is 1.67 bits per heavy atom. The Hall–Kier alpha value is -2.18. The third-order valence-corrected chi connectivity index (χ3v) is 7.35. The van der Waals surface area contributed by atoms with E-state index in [1.54, 1.807) is 24.3 Å². The predicted octanol–water partition coefficient (Wildman–Crippen LogP) is 3.75. The van der Waals surface area contributed by atoms with Gasteiger partial charge in [0.15, 0.2) is 0 Å². The highest BCUT2D eigenvalue weighted by Crippen LogP contribution is 2.29. The molecule has 3 rings (SSSR count). The minimum absolute atomic E-state index is 0.0347. The molecular weight excluding hydrogens is 396 g/mol. The molecule has 2 aromatic carbocycles. The summed E-state index contributed by atoms with van der Waals surface area (Å²) in [6.07, 6.45) is 4.20. The summed E-state index contributed by atoms with van der Waals surface area (Å²) in [6, 6.07) is 15.2. The van der Waals surface area contributed by atoms with E-state index in [0.717, 1.165) is 37.7 Å². The largest absolute Gasteiger partial charge is 0.356 e. The summed E-state index contributed by atoms with van der Waals surface area (Å²) in [4.78, 5) is 12.8. The molecular formula is C24H32N2O3S. The standard InChI is InChI=1S/C24H32N2O3S/c1-18-6-12-23(13-7-18)30(28,29)26-17-21-8-10-22(11-9-21)24(27)25-15-14-20-5-3-4-19(2)16-20/h3-7,12-13,16,21-22,26H,8-11,14-15,17H2,1-2H3,(H,25,27). The van der Waals surface area contributed by atoms with Gasteiger partial charge < -0.3 is 5.32 Å². The first-order valence-corrected chi connectivity index (χ1v) is 12.2. The molecule has 0 atom stereocenters. The molecule has 2 N–H and O–H groups in total. The number of hydrogen-bond donors (Lipinski definition) is 2. The van der Waals surface area contributed by atoms with Crippen LogP contribution < -0.4 is 10.0 Å². The third-order valence-electron chi connectivity index (χ3n) is 5.91. The van der Waals surface area contributed by atoms with Gasteiger partial charge >= 0.3 is 0 Å². The highest BCUT2D eigenvalue weighted by Gasteiger charge is 2.27. The van der Waals surface area contributed by atoms with Gasteiger partial charge in [0, 0.05) is 19.0 Å². The zero-order valence-electron chi connectivity index (χ0n) is 17.9. The van der Waals surface area contributed by atoms with Crippen molar-refractivity contribution in [3.8, 4) is 0 Å². The Labute approximate surface area is 180 Å². The number of nitrogens with one attached hydrogen (secondary N) is 2. The summed E-state index contributed by atoms with van der Waals surface area (Å²) in [7, 11) is -3.48. The molecule has 0 spiro atoms. The van der Waals surface area contributed by atoms with Crippen LogP contribution in [-0.4, -0.2) is 27.4 Å². The van der Waals surface area contributed by atoms with Gasteiger partial charge in [-0.1, -0.05) is 47.5 Å². The van der Waals surface area contributed by atoms with Crippen LogP contribution >= 0.6 is 0 Å². The molecule has 1 saturated carbocycles. The number of hydrogen-bond acceptors (Lipinski definition) is 3. The maximum absolute atomic E-state index is 12.5. The van der Waals surface area contributed by atoms with Crippen LogP contribution in [0.25, 0.3) is 0 Å². The molecule has 0 saturated heterocycles. The van der Waals surface area contributed by atoms with Gasteiger partial charge in [0.25, 0.3) is 0 Å². The lowest BCUT2D eigenvalue weighted by molar-refractivity contribution is -0.126. The molecule has 1 amide bonds. The summed E-state index contributed by atoms with van der Waals surface area (Å²) >= 11 is 0. The number of sulfonamides is 1. The summed E-state index contributed by atoms with van der Waals surface area (Å²) in [5.41, 5.74) is 3.50. The first-order valence-electron chi connectivity index (χ1n) is 10.7. The topological polar surface area (TPSA) is 75.3 Å². The van der Waals surface area contributed by atoms with Crippen LogP contribution in [0.3, 0.4) is 0 Å². The van der Waals surface area contributed by atoms with E-state index in [0.29, 0.717) is 18.0 Å². The van der Waals surface area contributed by atoms with Crippen molar-refractivity contribution in [3.05, 3.63) is 65.2 Å². The fraction of sp³-hybridized carbons (Fsp3) is 0.458. The first-order chi connectivity index (χ1) is 14.3. The molecule has 1 fully saturated rings. The number of carbonyl (C=O) groups excluding carboxylic acids is 1. The van der Waals surface area contributed by atoms with E-state index in [2.05, 4.69) is 35.2 Å². The quantitative estimate of drug-likeness (QED) is 0.672. The second kappa shape index (κ2) is 10.2. The normalized spacial score (nSPS) is 19.4. The van der Waals surface area contributed by atoms with E-state index in [1.165, 1.54) is 11.1 Å². The molecule has 1 aliphatic carbocycles. The molecule has 0 radical (unpaired) electrons. The van der Waals surface area contributed by atoms with Crippen LogP contribution in [0.15, 0.2) is 53.4 Å². The molecule has 2 aromatic rings. The third kappa shape index (κ3) is 6.41. The Bertz CT molecular complexity index is 947. The molecule has 162 valence electrons. The Balaban J connectivity index is 1.38. The fourth-order valence-corrected chi connectivity index (χ4v) is 5.12. The van der Waals surface area contributed by atoms with Crippen LogP contribution in [0.4, 0.5) is 0 Å². The predicted molar refractivity (Wildman–Crippen MR) is 120 cm³/mol. The fourth-order valence-electron chi connectivity index (χ4n) is 4.00. The average Bonchev–Trinajstić information content (AvgIpc) is 2.73. The van der Waals surface area contributed by atoms with E-state index >= 15 is 0 Å². The SMILES string of the molecule is Cc1ccc(S(=O)(=O)NCC2CCC(C(=O)NCCc3cccc(C)c3)CC2)cc1. The molecule has 1 aliphatic rings. The molecule has 0 bridgehead atoms. The van der Waals surface area contributed by atoms with Gasteiger partial charge in [0.1, 0.15) is 0 Å². The molecule has 0 unspecified atom stereocenters. The second-order valence-electron chi connectivity index (χ2n) is 8.41. The number of benzene rings is 2. The smallest absolute Gasteiger partial charge is 0.240 e. The van der Waals surface area contributed by atoms with Crippen LogP contribution in [0.2, 0.25) is 0 Å². The number of amides is 1. The van der Waals surface area contributed by atoms with Crippen molar-refractivity contribution in [3.63, 3.8) is 0 Å². The highest BCUT2D eigenvalue weighted by molar-refractivity contribution is 7.89. The average molecular weight is 429 g/mol. The highest BCUT2D eigenvalue weighted by atomic mass is 32.2. The second-order valence-corrected chi connectivity index (χ2v) is 10.2. The monoisotopic (exact) mass is 428 g/mol. The summed E-state index contributed by atoms with van der Waals surface area (Å²) in [6.45, 7) is 5.08. The number of rotatable bonds is 8. The van der Waals surface area contributed by atoms with Crippen molar-refractivity contribution in [1.82, 2.24) is 10.0 Å². The van der Waals surface area contributed by atoms with Gasteiger partial charge in [-0.15, -0.1) is 0 Å². The van der Waals surface area contributed by atoms with Crippen molar-refractivity contribution in [1.29, 1.82) is 0 Å². The minimum atomic E-state index is -3.48. The van der Waals surface area contributed by atoms with E-state index in [1.807, 2.05) is 13.0 Å². The lowest BCUT2D eigenvalue weighted by Gasteiger charge is -2.28. The minimum Gasteiger partial charge on any atom is -0.356 e. The van der Waals surface area contributed by atoms with Crippen LogP contribution in [-0.2, 0) is 21.2 Å². The maximum Gasteiger partial charge on any atom is 0.240 e. The van der Waals surface area contributed by atoms with E-state index in [9.17, 15) is 13.2 Å². The summed E-state index contributed by atoms with van der Waals surface area (Å²) in [5, 5.41) is 3.07.